The van der Waals surface area contributed by atoms with Crippen LogP contribution in [0.4, 0.5) is 0 Å². The van der Waals surface area contributed by atoms with Crippen molar-refractivity contribution < 1.29 is 9.53 Å². The highest BCUT2D eigenvalue weighted by Gasteiger charge is 2.09. The first-order valence-corrected chi connectivity index (χ1v) is 5.84. The number of esters is 1. The summed E-state index contributed by atoms with van der Waals surface area (Å²) in [7, 11) is 1.42. The number of carbonyl (C=O) groups is 1. The van der Waals surface area contributed by atoms with Gasteiger partial charge in [-0.05, 0) is 30.9 Å². The van der Waals surface area contributed by atoms with Crippen LogP contribution in [0, 0.1) is 6.92 Å². The molecule has 1 atom stereocenters. The number of carbonyl (C=O) groups excluding carboxylic acids is 1. The zero-order chi connectivity index (χ0) is 11.3. The summed E-state index contributed by atoms with van der Waals surface area (Å²) >= 11 is 1.74. The molecule has 0 amide bonds. The van der Waals surface area contributed by atoms with Crippen LogP contribution in [0.2, 0.25) is 0 Å². The average molecular weight is 227 g/mol. The Hall–Kier alpha value is -0.870. The Balaban J connectivity index is 2.31. The van der Waals surface area contributed by atoms with Crippen molar-refractivity contribution in [1.29, 1.82) is 0 Å². The van der Waals surface area contributed by atoms with Crippen LogP contribution in [0.5, 0.6) is 0 Å². The molecule has 15 heavy (non-hydrogen) atoms. The van der Waals surface area contributed by atoms with E-state index >= 15 is 0 Å². The van der Waals surface area contributed by atoms with Crippen molar-refractivity contribution in [2.45, 2.75) is 32.9 Å². The predicted molar refractivity (Wildman–Crippen MR) is 62.0 cm³/mol. The molecule has 4 heteroatoms. The minimum absolute atomic E-state index is 0.152. The van der Waals surface area contributed by atoms with Gasteiger partial charge in [0.2, 0.25) is 0 Å². The zero-order valence-corrected chi connectivity index (χ0v) is 10.2. The fourth-order valence-corrected chi connectivity index (χ4v) is 2.11. The van der Waals surface area contributed by atoms with Crippen LogP contribution in [0.3, 0.4) is 0 Å². The molecule has 0 saturated heterocycles. The van der Waals surface area contributed by atoms with Crippen molar-refractivity contribution in [2.24, 2.45) is 0 Å². The molecule has 3 nitrogen and oxygen atoms in total. The van der Waals surface area contributed by atoms with Gasteiger partial charge in [-0.1, -0.05) is 0 Å². The summed E-state index contributed by atoms with van der Waals surface area (Å²) in [6, 6.07) is 2.26. The Kier molecular flexibility index (Phi) is 4.78. The van der Waals surface area contributed by atoms with E-state index in [0.717, 1.165) is 6.54 Å². The van der Waals surface area contributed by atoms with Gasteiger partial charge in [0.15, 0.2) is 0 Å². The van der Waals surface area contributed by atoms with Gasteiger partial charge in [0.1, 0.15) is 0 Å². The van der Waals surface area contributed by atoms with Crippen molar-refractivity contribution in [2.75, 3.05) is 7.11 Å². The molecule has 0 aliphatic rings. The Labute approximate surface area is 94.5 Å². The number of hydrogen-bond donors (Lipinski definition) is 1. The second kappa shape index (κ2) is 5.88. The summed E-state index contributed by atoms with van der Waals surface area (Å²) in [5, 5.41) is 5.38. The number of thiophene rings is 1. The molecule has 1 aromatic heterocycles. The molecule has 0 aromatic carbocycles. The normalized spacial score (nSPS) is 12.5. The summed E-state index contributed by atoms with van der Waals surface area (Å²) in [6.45, 7) is 4.90. The Morgan fingerprint density at radius 1 is 1.67 bits per heavy atom. The van der Waals surface area contributed by atoms with Crippen molar-refractivity contribution in [3.8, 4) is 0 Å². The highest BCUT2D eigenvalue weighted by molar-refractivity contribution is 7.10. The maximum Gasteiger partial charge on any atom is 0.307 e. The maximum atomic E-state index is 11.0. The lowest BCUT2D eigenvalue weighted by Crippen LogP contribution is -2.28. The maximum absolute atomic E-state index is 11.0. The third kappa shape index (κ3) is 4.01. The van der Waals surface area contributed by atoms with Crippen LogP contribution < -0.4 is 5.32 Å². The first kappa shape index (κ1) is 12.2. The van der Waals surface area contributed by atoms with Crippen LogP contribution in [0.25, 0.3) is 0 Å². The summed E-state index contributed by atoms with van der Waals surface area (Å²) in [5.74, 6) is -0.169. The van der Waals surface area contributed by atoms with Crippen molar-refractivity contribution in [3.05, 3.63) is 21.9 Å². The van der Waals surface area contributed by atoms with Crippen LogP contribution in [0.1, 0.15) is 23.8 Å². The molecule has 0 saturated carbocycles. The quantitative estimate of drug-likeness (QED) is 0.783. The fourth-order valence-electron chi connectivity index (χ4n) is 1.26. The van der Waals surface area contributed by atoms with Gasteiger partial charge in [-0.15, -0.1) is 11.3 Å². The number of nitrogens with one attached hydrogen (secondary N) is 1. The summed E-state index contributed by atoms with van der Waals surface area (Å²) < 4.78 is 4.61. The number of rotatable bonds is 5. The van der Waals surface area contributed by atoms with Crippen LogP contribution in [-0.4, -0.2) is 19.1 Å². The van der Waals surface area contributed by atoms with E-state index in [1.165, 1.54) is 17.6 Å². The molecule has 0 bridgehead atoms. The summed E-state index contributed by atoms with van der Waals surface area (Å²) in [6.07, 6.45) is 0.418. The average Bonchev–Trinajstić information content (AvgIpc) is 2.61. The molecule has 1 unspecified atom stereocenters. The molecule has 1 aromatic rings. The lowest BCUT2D eigenvalue weighted by Gasteiger charge is -2.11. The molecule has 1 rings (SSSR count). The Morgan fingerprint density at radius 3 is 2.93 bits per heavy atom. The molecule has 0 radical (unpaired) electrons. The lowest BCUT2D eigenvalue weighted by atomic mass is 10.2. The smallest absolute Gasteiger partial charge is 0.307 e. The minimum Gasteiger partial charge on any atom is -0.469 e. The third-order valence-electron chi connectivity index (χ3n) is 2.28. The predicted octanol–water partition coefficient (Wildman–Crippen LogP) is 2.10. The Morgan fingerprint density at radius 2 is 2.40 bits per heavy atom. The topological polar surface area (TPSA) is 38.3 Å². The first-order chi connectivity index (χ1) is 7.13. The van der Waals surface area contributed by atoms with E-state index in [1.54, 1.807) is 11.3 Å². The summed E-state index contributed by atoms with van der Waals surface area (Å²) in [4.78, 5) is 12.3. The minimum atomic E-state index is -0.169. The van der Waals surface area contributed by atoms with Gasteiger partial charge in [0.25, 0.3) is 0 Å². The highest BCUT2D eigenvalue weighted by atomic mass is 32.1. The van der Waals surface area contributed by atoms with Crippen LogP contribution in [0.15, 0.2) is 11.4 Å². The third-order valence-corrected chi connectivity index (χ3v) is 3.30. The van der Waals surface area contributed by atoms with E-state index in [0.29, 0.717) is 6.42 Å². The zero-order valence-electron chi connectivity index (χ0n) is 9.37. The van der Waals surface area contributed by atoms with Crippen molar-refractivity contribution in [1.82, 2.24) is 5.32 Å². The van der Waals surface area contributed by atoms with E-state index in [-0.39, 0.29) is 12.0 Å². The van der Waals surface area contributed by atoms with Crippen molar-refractivity contribution in [3.63, 3.8) is 0 Å². The highest BCUT2D eigenvalue weighted by Crippen LogP contribution is 2.15. The molecule has 0 fully saturated rings. The number of methoxy groups -OCH3 is 1. The van der Waals surface area contributed by atoms with E-state index in [4.69, 9.17) is 0 Å². The van der Waals surface area contributed by atoms with Gasteiger partial charge in [-0.2, -0.15) is 0 Å². The second-order valence-electron chi connectivity index (χ2n) is 3.59. The molecular formula is C11H17NO2S. The van der Waals surface area contributed by atoms with Crippen LogP contribution >= 0.6 is 11.3 Å². The molecule has 0 aliphatic heterocycles. The molecule has 0 aliphatic carbocycles. The number of ether oxygens (including phenoxy) is 1. The van der Waals surface area contributed by atoms with E-state index in [1.807, 2.05) is 6.92 Å². The molecular weight excluding hydrogens is 210 g/mol. The largest absolute Gasteiger partial charge is 0.469 e. The van der Waals surface area contributed by atoms with Crippen LogP contribution in [-0.2, 0) is 16.1 Å². The van der Waals surface area contributed by atoms with Gasteiger partial charge in [0.05, 0.1) is 13.5 Å². The first-order valence-electron chi connectivity index (χ1n) is 4.96. The monoisotopic (exact) mass is 227 g/mol. The number of aryl methyl sites for hydroxylation is 1. The molecule has 84 valence electrons. The summed E-state index contributed by atoms with van der Waals surface area (Å²) in [5.41, 5.74) is 1.30. The Bertz CT molecular complexity index is 322. The standard InChI is InChI=1S/C11H17NO2S/c1-8-4-5-15-10(8)7-12-9(2)6-11(13)14-3/h4-5,9,12H,6-7H2,1-3H3. The van der Waals surface area contributed by atoms with Crippen molar-refractivity contribution >= 4 is 17.3 Å². The van der Waals surface area contributed by atoms with Gasteiger partial charge in [-0.25, -0.2) is 0 Å². The molecule has 1 N–H and O–H groups in total. The van der Waals surface area contributed by atoms with Gasteiger partial charge >= 0.3 is 5.97 Å². The van der Waals surface area contributed by atoms with Gasteiger partial charge < -0.3 is 10.1 Å². The second-order valence-corrected chi connectivity index (χ2v) is 4.59. The van der Waals surface area contributed by atoms with E-state index in [9.17, 15) is 4.79 Å². The lowest BCUT2D eigenvalue weighted by molar-refractivity contribution is -0.141. The molecule has 0 spiro atoms. The SMILES string of the molecule is COC(=O)CC(C)NCc1sccc1C. The fraction of sp³-hybridized carbons (Fsp3) is 0.545. The number of hydrogen-bond acceptors (Lipinski definition) is 4. The van der Waals surface area contributed by atoms with Gasteiger partial charge in [-0.3, -0.25) is 4.79 Å². The van der Waals surface area contributed by atoms with E-state index < -0.39 is 0 Å². The van der Waals surface area contributed by atoms with Gasteiger partial charge in [0, 0.05) is 17.5 Å². The van der Waals surface area contributed by atoms with E-state index in [2.05, 4.69) is 28.4 Å². The molecule has 1 heterocycles.